The van der Waals surface area contributed by atoms with Gasteiger partial charge in [-0.25, -0.2) is 0 Å². The molecule has 0 aromatic carbocycles. The van der Waals surface area contributed by atoms with E-state index in [1.165, 1.54) is 0 Å². The molecule has 0 amide bonds. The Hall–Kier alpha value is 0.260. The van der Waals surface area contributed by atoms with Gasteiger partial charge in [0.1, 0.15) is 0 Å². The summed E-state index contributed by atoms with van der Waals surface area (Å²) in [6.07, 6.45) is 0.680. The highest BCUT2D eigenvalue weighted by atomic mass is 31.2. The molecule has 1 fully saturated rings. The lowest BCUT2D eigenvalue weighted by atomic mass is 10.4. The molecule has 0 heterocycles. The van der Waals surface area contributed by atoms with Crippen LogP contribution < -0.4 is 5.73 Å². The van der Waals surface area contributed by atoms with Crippen LogP contribution in [0, 0.1) is 5.92 Å². The van der Waals surface area contributed by atoms with Gasteiger partial charge in [0.15, 0.2) is 0 Å². The smallest absolute Gasteiger partial charge is 0.323 e. The standard InChI is InChI=1S/C4H11NO6P2/c5-4(3-1-2-3,12(6,7)8)13(9,10)11/h3H,1-2,5H2,(H2,6,7,8)(H2,9,10,11). The van der Waals surface area contributed by atoms with Crippen LogP contribution in [0.25, 0.3) is 0 Å². The van der Waals surface area contributed by atoms with Gasteiger partial charge in [0.25, 0.3) is 0 Å². The summed E-state index contributed by atoms with van der Waals surface area (Å²) in [6.45, 7) is 0. The third-order valence-corrected chi connectivity index (χ3v) is 6.27. The fourth-order valence-electron chi connectivity index (χ4n) is 1.15. The van der Waals surface area contributed by atoms with Crippen LogP contribution in [0.3, 0.4) is 0 Å². The first-order valence-electron chi connectivity index (χ1n) is 3.51. The van der Waals surface area contributed by atoms with Gasteiger partial charge in [0.05, 0.1) is 0 Å². The lowest BCUT2D eigenvalue weighted by Gasteiger charge is -2.30. The van der Waals surface area contributed by atoms with Crippen LogP contribution >= 0.6 is 15.2 Å². The van der Waals surface area contributed by atoms with Crippen molar-refractivity contribution in [1.29, 1.82) is 0 Å². The van der Waals surface area contributed by atoms with E-state index < -0.39 is 26.1 Å². The van der Waals surface area contributed by atoms with Crippen molar-refractivity contribution in [2.45, 2.75) is 17.9 Å². The molecule has 0 aromatic rings. The van der Waals surface area contributed by atoms with Gasteiger partial charge in [-0.3, -0.25) is 9.13 Å². The van der Waals surface area contributed by atoms with Crippen LogP contribution in [0.2, 0.25) is 0 Å². The van der Waals surface area contributed by atoms with Crippen LogP contribution in [0.1, 0.15) is 12.8 Å². The summed E-state index contributed by atoms with van der Waals surface area (Å²) >= 11 is 0. The van der Waals surface area contributed by atoms with Crippen LogP contribution in [-0.4, -0.2) is 24.6 Å². The predicted molar refractivity (Wildman–Crippen MR) is 43.7 cm³/mol. The van der Waals surface area contributed by atoms with Crippen molar-refractivity contribution in [1.82, 2.24) is 0 Å². The topological polar surface area (TPSA) is 141 Å². The molecule has 7 nitrogen and oxygen atoms in total. The molecular weight excluding hydrogens is 220 g/mol. The van der Waals surface area contributed by atoms with E-state index in [1.807, 2.05) is 0 Å². The third kappa shape index (κ3) is 1.74. The maximum Gasteiger partial charge on any atom is 0.357 e. The molecule has 0 unspecified atom stereocenters. The molecule has 0 saturated heterocycles. The van der Waals surface area contributed by atoms with Crippen LogP contribution in [0.15, 0.2) is 0 Å². The van der Waals surface area contributed by atoms with E-state index in [2.05, 4.69) is 0 Å². The molecule has 0 aromatic heterocycles. The minimum absolute atomic E-state index is 0.340. The van der Waals surface area contributed by atoms with E-state index in [4.69, 9.17) is 25.3 Å². The van der Waals surface area contributed by atoms with Gasteiger partial charge >= 0.3 is 15.2 Å². The van der Waals surface area contributed by atoms with Gasteiger partial charge in [0, 0.05) is 5.92 Å². The Labute approximate surface area is 74.3 Å². The molecule has 1 aliphatic carbocycles. The fraction of sp³-hybridized carbons (Fsp3) is 1.00. The van der Waals surface area contributed by atoms with Crippen LogP contribution in [-0.2, 0) is 9.13 Å². The van der Waals surface area contributed by atoms with Crippen LogP contribution in [0.5, 0.6) is 0 Å². The molecule has 9 heteroatoms. The molecule has 0 aliphatic heterocycles. The zero-order chi connectivity index (χ0) is 10.5. The van der Waals surface area contributed by atoms with Crippen molar-refractivity contribution in [2.24, 2.45) is 11.7 Å². The second-order valence-electron chi connectivity index (χ2n) is 3.15. The average molecular weight is 231 g/mol. The number of nitrogens with two attached hydrogens (primary N) is 1. The Morgan fingerprint density at radius 2 is 1.38 bits per heavy atom. The Morgan fingerprint density at radius 3 is 1.46 bits per heavy atom. The first-order valence-corrected chi connectivity index (χ1v) is 6.73. The van der Waals surface area contributed by atoms with E-state index >= 15 is 0 Å². The van der Waals surface area contributed by atoms with Crippen LogP contribution in [0.4, 0.5) is 0 Å². The quantitative estimate of drug-likeness (QED) is 0.407. The van der Waals surface area contributed by atoms with Gasteiger partial charge in [0.2, 0.25) is 5.02 Å². The Kier molecular flexibility index (Phi) is 2.51. The molecule has 1 aliphatic rings. The van der Waals surface area contributed by atoms with E-state index in [0.717, 1.165) is 0 Å². The summed E-state index contributed by atoms with van der Waals surface area (Å²) < 4.78 is 21.7. The first-order chi connectivity index (χ1) is 5.61. The summed E-state index contributed by atoms with van der Waals surface area (Å²) in [5.74, 6) is -0.783. The van der Waals surface area contributed by atoms with E-state index in [0.29, 0.717) is 12.8 Å². The largest absolute Gasteiger partial charge is 0.357 e. The maximum atomic E-state index is 10.9. The normalized spacial score (nSPS) is 20.4. The second kappa shape index (κ2) is 2.87. The van der Waals surface area contributed by atoms with E-state index in [1.54, 1.807) is 0 Å². The Balaban J connectivity index is 3.16. The van der Waals surface area contributed by atoms with Gasteiger partial charge in [-0.15, -0.1) is 0 Å². The molecule has 1 rings (SSSR count). The summed E-state index contributed by atoms with van der Waals surface area (Å²) in [5, 5.41) is -2.68. The van der Waals surface area contributed by atoms with E-state index in [9.17, 15) is 9.13 Å². The highest BCUT2D eigenvalue weighted by molar-refractivity contribution is 7.72. The maximum absolute atomic E-state index is 10.9. The van der Waals surface area contributed by atoms with Crippen molar-refractivity contribution < 1.29 is 28.7 Å². The summed E-state index contributed by atoms with van der Waals surface area (Å²) in [4.78, 5) is 35.1. The zero-order valence-corrected chi connectivity index (χ0v) is 8.36. The molecule has 13 heavy (non-hydrogen) atoms. The number of hydrogen-bond acceptors (Lipinski definition) is 3. The predicted octanol–water partition coefficient (Wildman–Crippen LogP) is -0.636. The van der Waals surface area contributed by atoms with E-state index in [-0.39, 0.29) is 0 Å². The Bertz CT molecular complexity index is 278. The summed E-state index contributed by atoms with van der Waals surface area (Å²) in [5.41, 5.74) is 5.13. The Morgan fingerprint density at radius 1 is 1.08 bits per heavy atom. The summed E-state index contributed by atoms with van der Waals surface area (Å²) in [7, 11) is -9.98. The van der Waals surface area contributed by atoms with Gasteiger partial charge < -0.3 is 25.3 Å². The monoisotopic (exact) mass is 231 g/mol. The second-order valence-corrected chi connectivity index (χ2v) is 7.15. The third-order valence-electron chi connectivity index (χ3n) is 2.11. The first kappa shape index (κ1) is 11.3. The minimum atomic E-state index is -4.99. The van der Waals surface area contributed by atoms with Crippen molar-refractivity contribution in [3.8, 4) is 0 Å². The number of hydrogen-bond donors (Lipinski definition) is 5. The lowest BCUT2D eigenvalue weighted by Crippen LogP contribution is -2.41. The lowest BCUT2D eigenvalue weighted by molar-refractivity contribution is 0.298. The molecule has 78 valence electrons. The fourth-order valence-corrected chi connectivity index (χ4v) is 3.98. The zero-order valence-electron chi connectivity index (χ0n) is 6.57. The molecule has 0 radical (unpaired) electrons. The number of rotatable bonds is 3. The highest BCUT2D eigenvalue weighted by Crippen LogP contribution is 2.73. The average Bonchev–Trinajstić information content (AvgIpc) is 2.60. The molecule has 6 N–H and O–H groups in total. The van der Waals surface area contributed by atoms with Gasteiger partial charge in [-0.05, 0) is 12.8 Å². The molecule has 0 atom stereocenters. The van der Waals surface area contributed by atoms with Crippen molar-refractivity contribution in [3.63, 3.8) is 0 Å². The SMILES string of the molecule is NC(C1CC1)(P(=O)(O)O)P(=O)(O)O. The van der Waals surface area contributed by atoms with Gasteiger partial charge in [-0.1, -0.05) is 0 Å². The molecule has 0 spiro atoms. The van der Waals surface area contributed by atoms with Crippen molar-refractivity contribution >= 4 is 15.2 Å². The highest BCUT2D eigenvalue weighted by Gasteiger charge is 2.65. The molecular formula is C4H11NO6P2. The van der Waals surface area contributed by atoms with Crippen molar-refractivity contribution in [3.05, 3.63) is 0 Å². The van der Waals surface area contributed by atoms with Gasteiger partial charge in [-0.2, -0.15) is 0 Å². The summed E-state index contributed by atoms with van der Waals surface area (Å²) in [6, 6.07) is 0. The molecule has 1 saturated carbocycles. The molecule has 0 bridgehead atoms. The van der Waals surface area contributed by atoms with Crippen molar-refractivity contribution in [2.75, 3.05) is 0 Å². The minimum Gasteiger partial charge on any atom is -0.323 e.